The van der Waals surface area contributed by atoms with Gasteiger partial charge in [-0.2, -0.15) is 18.4 Å². The molecular weight excluding hydrogens is 528 g/mol. The maximum Gasteiger partial charge on any atom is 0.155 e. The van der Waals surface area contributed by atoms with E-state index in [9.17, 15) is 4.79 Å². The van der Waals surface area contributed by atoms with Crippen molar-refractivity contribution >= 4 is 5.78 Å². The van der Waals surface area contributed by atoms with Gasteiger partial charge in [-0.15, -0.1) is 6.04 Å². The van der Waals surface area contributed by atoms with Crippen LogP contribution in [0.5, 0.6) is 0 Å². The summed E-state index contributed by atoms with van der Waals surface area (Å²) in [6.45, 7) is 4.09. The van der Waals surface area contributed by atoms with Gasteiger partial charge in [0.2, 0.25) is 0 Å². The minimum absolute atomic E-state index is 0. The maximum atomic E-state index is 10.0. The van der Waals surface area contributed by atoms with E-state index in [1.807, 2.05) is 0 Å². The van der Waals surface area contributed by atoms with E-state index in [1.165, 1.54) is 90.7 Å². The fourth-order valence-corrected chi connectivity index (χ4v) is 5.81. The Hall–Kier alpha value is -0.221. The number of allylic oxidation sites excluding steroid dienone is 2. The van der Waals surface area contributed by atoms with Crippen LogP contribution in [0.15, 0.2) is 11.8 Å². The molecule has 2 aliphatic carbocycles. The van der Waals surface area contributed by atoms with Gasteiger partial charge in [0.1, 0.15) is 0 Å². The molecule has 4 rings (SSSR count). The second-order valence-corrected chi connectivity index (χ2v) is 9.07. The summed E-state index contributed by atoms with van der Waals surface area (Å²) in [4.78, 5) is 10.0. The molecule has 2 heterocycles. The molecule has 1 radical (unpaired) electrons. The Morgan fingerprint density at radius 2 is 1.75 bits per heavy atom. The van der Waals surface area contributed by atoms with Crippen LogP contribution < -0.4 is 5.32 Å². The summed E-state index contributed by atoms with van der Waals surface area (Å²) in [5, 5.41) is 17.6. The minimum Gasteiger partial charge on any atom is -0.658 e. The quantitative estimate of drug-likeness (QED) is 0.278. The molecule has 4 fully saturated rings. The summed E-state index contributed by atoms with van der Waals surface area (Å²) in [5.41, 5.74) is 0. The molecule has 28 heavy (non-hydrogen) atoms. The molecule has 2 aliphatic heterocycles. The Kier molecular flexibility index (Phi) is 10.2. The topological polar surface area (TPSA) is 63.4 Å². The molecule has 2 saturated carbocycles. The van der Waals surface area contributed by atoms with Gasteiger partial charge >= 0.3 is 0 Å². The summed E-state index contributed by atoms with van der Waals surface area (Å²) < 4.78 is 0. The zero-order valence-electron chi connectivity index (χ0n) is 17.5. The normalized spacial score (nSPS) is 38.0. The molecule has 2 saturated heterocycles. The summed E-state index contributed by atoms with van der Waals surface area (Å²) in [5.74, 6) is 2.57. The van der Waals surface area contributed by atoms with Crippen LogP contribution in [-0.4, -0.2) is 35.6 Å². The van der Waals surface area contributed by atoms with E-state index >= 15 is 0 Å². The Labute approximate surface area is 185 Å². The number of carbonyl (C=O) groups is 1. The first-order chi connectivity index (χ1) is 13.0. The number of hydrogen-bond donors (Lipinski definition) is 2. The first kappa shape index (κ1) is 24.1. The number of nitrogens with zero attached hydrogens (tertiary/aromatic N) is 1. The fourth-order valence-electron chi connectivity index (χ4n) is 5.81. The largest absolute Gasteiger partial charge is 0.658 e. The molecular formula is C23H38IrN2O2-2. The predicted molar refractivity (Wildman–Crippen MR) is 111 cm³/mol. The Balaban J connectivity index is 0.000000306. The van der Waals surface area contributed by atoms with Crippen molar-refractivity contribution in [2.24, 2.45) is 17.8 Å². The molecule has 5 heteroatoms. The van der Waals surface area contributed by atoms with Gasteiger partial charge < -0.3 is 22.2 Å². The fraction of sp³-hybridized carbons (Fsp3) is 0.826. The zero-order valence-corrected chi connectivity index (χ0v) is 19.9. The molecule has 0 aromatic heterocycles. The third-order valence-electron chi connectivity index (χ3n) is 6.97. The zero-order chi connectivity index (χ0) is 19.2. The van der Waals surface area contributed by atoms with E-state index in [4.69, 9.17) is 10.4 Å². The number of aliphatic hydroxyl groups is 1. The second kappa shape index (κ2) is 11.8. The van der Waals surface area contributed by atoms with Gasteiger partial charge in [0.05, 0.1) is 5.76 Å². The molecule has 0 aromatic carbocycles. The van der Waals surface area contributed by atoms with E-state index in [0.29, 0.717) is 6.04 Å². The van der Waals surface area contributed by atoms with E-state index in [0.717, 1.165) is 29.8 Å². The van der Waals surface area contributed by atoms with Crippen LogP contribution >= 0.6 is 0 Å². The first-order valence-corrected chi connectivity index (χ1v) is 11.2. The number of rotatable bonds is 2. The van der Waals surface area contributed by atoms with Crippen LogP contribution in [0.4, 0.5) is 0 Å². The third-order valence-corrected chi connectivity index (χ3v) is 6.97. The number of nitrogens with one attached hydrogen (secondary N) is 1. The van der Waals surface area contributed by atoms with Crippen LogP contribution in [0, 0.1) is 24.2 Å². The summed E-state index contributed by atoms with van der Waals surface area (Å²) in [6.07, 6.45) is 18.0. The number of piperidine rings is 2. The van der Waals surface area contributed by atoms with Gasteiger partial charge in [0.25, 0.3) is 0 Å². The minimum atomic E-state index is -0.125. The molecule has 163 valence electrons. The number of ketones is 1. The van der Waals surface area contributed by atoms with Crippen molar-refractivity contribution in [2.45, 2.75) is 96.2 Å². The van der Waals surface area contributed by atoms with Crippen molar-refractivity contribution in [3.63, 3.8) is 0 Å². The Morgan fingerprint density at radius 3 is 2.46 bits per heavy atom. The number of carbonyl (C=O) groups excluding carboxylic acids is 1. The predicted octanol–water partition coefficient (Wildman–Crippen LogP) is 5.10. The number of hydrogen-bond acceptors (Lipinski definition) is 3. The van der Waals surface area contributed by atoms with Crippen LogP contribution in [-0.2, 0) is 24.9 Å². The molecule has 0 spiro atoms. The van der Waals surface area contributed by atoms with Crippen molar-refractivity contribution in [1.29, 1.82) is 0 Å². The number of aliphatic hydroxyl groups excluding tert-OH is 1. The van der Waals surface area contributed by atoms with Gasteiger partial charge in [-0.3, -0.25) is 4.79 Å². The van der Waals surface area contributed by atoms with Gasteiger partial charge in [0.15, 0.2) is 5.78 Å². The molecule has 4 aliphatic rings. The Morgan fingerprint density at radius 1 is 1.00 bits per heavy atom. The van der Waals surface area contributed by atoms with E-state index in [1.54, 1.807) is 0 Å². The molecule has 4 nitrogen and oxygen atoms in total. The average molecular weight is 567 g/mol. The molecule has 0 bridgehead atoms. The van der Waals surface area contributed by atoms with Crippen molar-refractivity contribution < 1.29 is 30.0 Å². The maximum absolute atomic E-state index is 10.0. The van der Waals surface area contributed by atoms with Gasteiger partial charge in [-0.1, -0.05) is 50.9 Å². The molecule has 6 atom stereocenters. The molecule has 0 amide bonds. The van der Waals surface area contributed by atoms with Crippen LogP contribution in [0.1, 0.15) is 78.1 Å². The second-order valence-electron chi connectivity index (χ2n) is 9.07. The summed E-state index contributed by atoms with van der Waals surface area (Å²) in [6, 6.07) is 2.12. The molecule has 2 N–H and O–H groups in total. The average Bonchev–Trinajstić information content (AvgIpc) is 2.66. The van der Waals surface area contributed by atoms with E-state index in [-0.39, 0.29) is 31.6 Å². The monoisotopic (exact) mass is 567 g/mol. The van der Waals surface area contributed by atoms with E-state index < -0.39 is 0 Å². The Bertz CT molecular complexity index is 519. The van der Waals surface area contributed by atoms with Crippen molar-refractivity contribution in [3.05, 3.63) is 23.6 Å². The van der Waals surface area contributed by atoms with Crippen LogP contribution in [0.25, 0.3) is 5.32 Å². The van der Waals surface area contributed by atoms with Crippen molar-refractivity contribution in [3.8, 4) is 0 Å². The summed E-state index contributed by atoms with van der Waals surface area (Å²) >= 11 is 0. The SMILES string of the molecule is CC(=O)/C=C(/C)O.[CH-]1CCC2CCCNC2C1C1CCC2CCCCC2[N-]1.[Ir]. The smallest absolute Gasteiger partial charge is 0.155 e. The first-order valence-electron chi connectivity index (χ1n) is 11.2. The van der Waals surface area contributed by atoms with Crippen molar-refractivity contribution in [1.82, 2.24) is 5.32 Å². The standard InChI is InChI=1S/C18H30N2.C5H8O2.Ir/c1-2-9-16-13(5-1)10-11-17(20-16)15-8-3-6-14-7-4-12-19-18(14)15;1-4(6)3-5(2)7;/h8,13-19H,1-7,9-12H2;3,6H,1-2H3;/q-2;;/b;4-3-;. The van der Waals surface area contributed by atoms with E-state index in [2.05, 4.69) is 11.7 Å². The number of fused-ring (bicyclic) bond motifs is 2. The van der Waals surface area contributed by atoms with Crippen LogP contribution in [0.2, 0.25) is 0 Å². The van der Waals surface area contributed by atoms with Crippen LogP contribution in [0.3, 0.4) is 0 Å². The molecule has 0 aromatic rings. The van der Waals surface area contributed by atoms with Gasteiger partial charge in [-0.25, -0.2) is 0 Å². The van der Waals surface area contributed by atoms with Gasteiger partial charge in [0, 0.05) is 26.2 Å². The summed E-state index contributed by atoms with van der Waals surface area (Å²) in [7, 11) is 0. The van der Waals surface area contributed by atoms with Gasteiger partial charge in [-0.05, 0) is 45.2 Å². The molecule has 6 unspecified atom stereocenters. The third kappa shape index (κ3) is 6.65. The van der Waals surface area contributed by atoms with Crippen molar-refractivity contribution in [2.75, 3.05) is 6.54 Å².